The molecule has 0 atom stereocenters. The Labute approximate surface area is 111 Å². The number of nitrogens with one attached hydrogen (secondary N) is 1. The topological polar surface area (TPSA) is 84.2 Å². The van der Waals surface area contributed by atoms with Gasteiger partial charge in [-0.2, -0.15) is 0 Å². The zero-order valence-electron chi connectivity index (χ0n) is 10.8. The number of imidazole rings is 1. The van der Waals surface area contributed by atoms with E-state index in [1.165, 1.54) is 0 Å². The number of aliphatic carboxylic acids is 1. The number of amides is 1. The first-order valence-corrected chi connectivity index (χ1v) is 6.58. The number of hydrogen-bond donors (Lipinski definition) is 2. The van der Waals surface area contributed by atoms with Crippen LogP contribution in [0, 0.1) is 5.41 Å². The van der Waals surface area contributed by atoms with E-state index in [1.807, 2.05) is 4.57 Å². The summed E-state index contributed by atoms with van der Waals surface area (Å²) in [6, 6.07) is 0. The number of hydrogen-bond acceptors (Lipinski definition) is 3. The highest BCUT2D eigenvalue weighted by atomic mass is 16.4. The van der Waals surface area contributed by atoms with Crippen LogP contribution in [-0.4, -0.2) is 33.1 Å². The number of aryl methyl sites for hydroxylation is 1. The van der Waals surface area contributed by atoms with Crippen molar-refractivity contribution in [1.29, 1.82) is 0 Å². The minimum absolute atomic E-state index is 0.110. The third kappa shape index (κ3) is 3.33. The molecule has 0 radical (unpaired) electrons. The summed E-state index contributed by atoms with van der Waals surface area (Å²) >= 11 is 0. The lowest BCUT2D eigenvalue weighted by Crippen LogP contribution is -2.41. The zero-order chi connectivity index (χ0) is 13.7. The Morgan fingerprint density at radius 2 is 2.11 bits per heavy atom. The molecule has 0 saturated heterocycles. The number of carboxylic acids is 1. The third-order valence-corrected chi connectivity index (χ3v) is 3.79. The van der Waals surface area contributed by atoms with E-state index in [0.717, 1.165) is 12.8 Å². The van der Waals surface area contributed by atoms with Gasteiger partial charge in [0.2, 0.25) is 5.91 Å². The second kappa shape index (κ2) is 5.86. The van der Waals surface area contributed by atoms with Crippen LogP contribution in [0.5, 0.6) is 0 Å². The molecule has 6 nitrogen and oxygen atoms in total. The largest absolute Gasteiger partial charge is 0.481 e. The molecule has 1 fully saturated rings. The van der Waals surface area contributed by atoms with Crippen molar-refractivity contribution in [3.8, 4) is 0 Å². The standard InChI is InChI=1S/C13H19N3O3/c17-11(3-7-16-8-6-14-10-16)15-9-13(12(18)19)4-1-2-5-13/h6,8,10H,1-5,7,9H2,(H,15,17)(H,18,19). The smallest absolute Gasteiger partial charge is 0.311 e. The van der Waals surface area contributed by atoms with E-state index in [0.29, 0.717) is 25.8 Å². The predicted octanol–water partition coefficient (Wildman–Crippen LogP) is 1.03. The van der Waals surface area contributed by atoms with Gasteiger partial charge >= 0.3 is 5.97 Å². The lowest BCUT2D eigenvalue weighted by atomic mass is 9.86. The molecule has 0 bridgehead atoms. The Hall–Kier alpha value is -1.85. The molecule has 1 aromatic heterocycles. The Kier molecular flexibility index (Phi) is 4.19. The highest BCUT2D eigenvalue weighted by molar-refractivity contribution is 5.79. The van der Waals surface area contributed by atoms with E-state index < -0.39 is 11.4 Å². The molecule has 1 saturated carbocycles. The van der Waals surface area contributed by atoms with Gasteiger partial charge in [-0.1, -0.05) is 12.8 Å². The van der Waals surface area contributed by atoms with Crippen molar-refractivity contribution >= 4 is 11.9 Å². The van der Waals surface area contributed by atoms with Crippen molar-refractivity contribution < 1.29 is 14.7 Å². The van der Waals surface area contributed by atoms with Crippen molar-refractivity contribution in [2.75, 3.05) is 6.54 Å². The van der Waals surface area contributed by atoms with Crippen LogP contribution < -0.4 is 5.32 Å². The van der Waals surface area contributed by atoms with E-state index in [2.05, 4.69) is 10.3 Å². The SMILES string of the molecule is O=C(CCn1ccnc1)NCC1(C(=O)O)CCCC1. The van der Waals surface area contributed by atoms with Crippen LogP contribution in [0.4, 0.5) is 0 Å². The van der Waals surface area contributed by atoms with Crippen LogP contribution in [0.2, 0.25) is 0 Å². The minimum Gasteiger partial charge on any atom is -0.481 e. The van der Waals surface area contributed by atoms with E-state index in [1.54, 1.807) is 18.7 Å². The van der Waals surface area contributed by atoms with E-state index in [4.69, 9.17) is 0 Å². The van der Waals surface area contributed by atoms with Crippen molar-refractivity contribution in [2.45, 2.75) is 38.6 Å². The Balaban J connectivity index is 1.77. The molecule has 0 spiro atoms. The zero-order valence-corrected chi connectivity index (χ0v) is 10.8. The van der Waals surface area contributed by atoms with Gasteiger partial charge in [-0.3, -0.25) is 9.59 Å². The van der Waals surface area contributed by atoms with Gasteiger partial charge in [-0.05, 0) is 12.8 Å². The summed E-state index contributed by atoms with van der Waals surface area (Å²) in [6.45, 7) is 0.803. The molecule has 1 aliphatic carbocycles. The van der Waals surface area contributed by atoms with Gasteiger partial charge in [0, 0.05) is 31.9 Å². The summed E-state index contributed by atoms with van der Waals surface area (Å²) in [6.07, 6.45) is 8.62. The Bertz CT molecular complexity index is 436. The summed E-state index contributed by atoms with van der Waals surface area (Å²) < 4.78 is 1.82. The number of carboxylic acid groups (broad SMARTS) is 1. The third-order valence-electron chi connectivity index (χ3n) is 3.79. The Morgan fingerprint density at radius 3 is 2.68 bits per heavy atom. The normalized spacial score (nSPS) is 17.3. The summed E-state index contributed by atoms with van der Waals surface area (Å²) in [7, 11) is 0. The van der Waals surface area contributed by atoms with Gasteiger partial charge < -0.3 is 15.0 Å². The second-order valence-electron chi connectivity index (χ2n) is 5.12. The highest BCUT2D eigenvalue weighted by Gasteiger charge is 2.41. The molecule has 6 heteroatoms. The molecular formula is C13H19N3O3. The maximum Gasteiger partial charge on any atom is 0.311 e. The van der Waals surface area contributed by atoms with E-state index in [9.17, 15) is 14.7 Å². The molecule has 19 heavy (non-hydrogen) atoms. The number of rotatable bonds is 6. The van der Waals surface area contributed by atoms with Crippen LogP contribution in [-0.2, 0) is 16.1 Å². The van der Waals surface area contributed by atoms with E-state index in [-0.39, 0.29) is 12.5 Å². The van der Waals surface area contributed by atoms with Crippen LogP contribution >= 0.6 is 0 Å². The molecule has 2 rings (SSSR count). The van der Waals surface area contributed by atoms with Gasteiger partial charge in [0.1, 0.15) is 0 Å². The molecule has 0 unspecified atom stereocenters. The molecule has 1 amide bonds. The molecule has 104 valence electrons. The molecule has 2 N–H and O–H groups in total. The molecule has 1 heterocycles. The van der Waals surface area contributed by atoms with Crippen molar-refractivity contribution in [3.05, 3.63) is 18.7 Å². The lowest BCUT2D eigenvalue weighted by molar-refractivity contribution is -0.148. The lowest BCUT2D eigenvalue weighted by Gasteiger charge is -2.23. The number of nitrogens with zero attached hydrogens (tertiary/aromatic N) is 2. The fourth-order valence-corrected chi connectivity index (χ4v) is 2.52. The number of aromatic nitrogens is 2. The van der Waals surface area contributed by atoms with Crippen molar-refractivity contribution in [2.24, 2.45) is 5.41 Å². The first-order valence-electron chi connectivity index (χ1n) is 6.58. The summed E-state index contributed by atoms with van der Waals surface area (Å²) in [5, 5.41) is 12.0. The fraction of sp³-hybridized carbons (Fsp3) is 0.615. The summed E-state index contributed by atoms with van der Waals surface area (Å²) in [5.41, 5.74) is -0.745. The fourth-order valence-electron chi connectivity index (χ4n) is 2.52. The van der Waals surface area contributed by atoms with Crippen LogP contribution in [0.15, 0.2) is 18.7 Å². The molecule has 0 aromatic carbocycles. The Morgan fingerprint density at radius 1 is 1.37 bits per heavy atom. The van der Waals surface area contributed by atoms with Crippen LogP contribution in [0.3, 0.4) is 0 Å². The van der Waals surface area contributed by atoms with Gasteiger partial charge in [0.25, 0.3) is 0 Å². The van der Waals surface area contributed by atoms with Gasteiger partial charge in [-0.25, -0.2) is 4.98 Å². The average Bonchev–Trinajstić information content (AvgIpc) is 3.05. The minimum atomic E-state index is -0.792. The predicted molar refractivity (Wildman–Crippen MR) is 68.4 cm³/mol. The highest BCUT2D eigenvalue weighted by Crippen LogP contribution is 2.37. The number of carbonyl (C=O) groups is 2. The summed E-state index contributed by atoms with van der Waals surface area (Å²) in [5.74, 6) is -0.902. The van der Waals surface area contributed by atoms with Crippen LogP contribution in [0.25, 0.3) is 0 Å². The van der Waals surface area contributed by atoms with Crippen molar-refractivity contribution in [3.63, 3.8) is 0 Å². The molecule has 0 aliphatic heterocycles. The van der Waals surface area contributed by atoms with E-state index >= 15 is 0 Å². The number of carbonyl (C=O) groups excluding carboxylic acids is 1. The van der Waals surface area contributed by atoms with Gasteiger partial charge in [0.05, 0.1) is 11.7 Å². The monoisotopic (exact) mass is 265 g/mol. The summed E-state index contributed by atoms with van der Waals surface area (Å²) in [4.78, 5) is 26.9. The maximum atomic E-state index is 11.7. The molecule has 1 aromatic rings. The first kappa shape index (κ1) is 13.6. The average molecular weight is 265 g/mol. The molecular weight excluding hydrogens is 246 g/mol. The van der Waals surface area contributed by atoms with Crippen LogP contribution in [0.1, 0.15) is 32.1 Å². The molecule has 1 aliphatic rings. The quantitative estimate of drug-likeness (QED) is 0.804. The van der Waals surface area contributed by atoms with Gasteiger partial charge in [-0.15, -0.1) is 0 Å². The van der Waals surface area contributed by atoms with Crippen molar-refractivity contribution in [1.82, 2.24) is 14.9 Å². The van der Waals surface area contributed by atoms with Gasteiger partial charge in [0.15, 0.2) is 0 Å². The second-order valence-corrected chi connectivity index (χ2v) is 5.12. The maximum absolute atomic E-state index is 11.7. The first-order chi connectivity index (χ1) is 9.12.